The van der Waals surface area contributed by atoms with Crippen LogP contribution < -0.4 is 9.64 Å². The Morgan fingerprint density at radius 1 is 1.19 bits per heavy atom. The molecule has 3 fully saturated rings. The summed E-state index contributed by atoms with van der Waals surface area (Å²) in [4.78, 5) is 34.4. The number of piperazine rings is 1. The molecule has 3 saturated heterocycles. The molecule has 3 unspecified atom stereocenters. The molecule has 0 bridgehead atoms. The topological polar surface area (TPSA) is 111 Å². The van der Waals surface area contributed by atoms with Crippen LogP contribution in [0.2, 0.25) is 5.02 Å². The van der Waals surface area contributed by atoms with E-state index in [-0.39, 0.29) is 53.8 Å². The molecule has 6 heterocycles. The number of nitriles is 1. The molecule has 1 aromatic carbocycles. The second-order valence-electron chi connectivity index (χ2n) is 12.4. The minimum absolute atomic E-state index is 0.00498. The number of anilines is 1. The van der Waals surface area contributed by atoms with E-state index in [0.717, 1.165) is 54.8 Å². The van der Waals surface area contributed by atoms with Crippen molar-refractivity contribution < 1.29 is 35.9 Å². The first kappa shape index (κ1) is 37.2. The third kappa shape index (κ3) is 7.93. The van der Waals surface area contributed by atoms with Crippen LogP contribution in [0.25, 0.3) is 28.2 Å². The Morgan fingerprint density at radius 3 is 2.69 bits per heavy atom. The molecule has 274 valence electrons. The average molecular weight is 765 g/mol. The van der Waals surface area contributed by atoms with Gasteiger partial charge in [0, 0.05) is 66.7 Å². The predicted molar refractivity (Wildman–Crippen MR) is 183 cm³/mol. The van der Waals surface area contributed by atoms with Gasteiger partial charge in [-0.25, -0.2) is 18.2 Å². The van der Waals surface area contributed by atoms with Gasteiger partial charge in [0.1, 0.15) is 28.2 Å². The highest BCUT2D eigenvalue weighted by molar-refractivity contribution is 7.10. The van der Waals surface area contributed by atoms with Crippen LogP contribution in [0.1, 0.15) is 36.3 Å². The van der Waals surface area contributed by atoms with Gasteiger partial charge in [0.2, 0.25) is 0 Å². The molecule has 0 spiro atoms. The largest absolute Gasteiger partial charge is 0.467 e. The lowest BCUT2D eigenvalue weighted by molar-refractivity contribution is -0.137. The highest BCUT2D eigenvalue weighted by Gasteiger charge is 2.37. The third-order valence-corrected chi connectivity index (χ3v) is 10.1. The van der Waals surface area contributed by atoms with Crippen molar-refractivity contribution in [2.75, 3.05) is 44.7 Å². The van der Waals surface area contributed by atoms with E-state index in [0.29, 0.717) is 17.6 Å². The number of thiazole rings is 1. The number of rotatable bonds is 6. The minimum atomic E-state index is -4.82. The maximum atomic E-state index is 15.9. The van der Waals surface area contributed by atoms with E-state index in [1.165, 1.54) is 31.0 Å². The summed E-state index contributed by atoms with van der Waals surface area (Å²) in [6.45, 7) is 1.91. The van der Waals surface area contributed by atoms with Gasteiger partial charge in [0.25, 0.3) is 5.91 Å². The number of methoxy groups -OCH3 is 1. The summed E-state index contributed by atoms with van der Waals surface area (Å²) in [6, 6.07) is 4.28. The average Bonchev–Trinajstić information content (AvgIpc) is 3.87. The van der Waals surface area contributed by atoms with Crippen LogP contribution in [0.3, 0.4) is 0 Å². The van der Waals surface area contributed by atoms with Crippen molar-refractivity contribution in [1.82, 2.24) is 29.7 Å². The van der Waals surface area contributed by atoms with Gasteiger partial charge in [-0.2, -0.15) is 28.4 Å². The van der Waals surface area contributed by atoms with Gasteiger partial charge in [-0.3, -0.25) is 14.7 Å². The van der Waals surface area contributed by atoms with Crippen LogP contribution in [0, 0.1) is 17.1 Å². The van der Waals surface area contributed by atoms with Crippen molar-refractivity contribution >= 4 is 51.6 Å². The van der Waals surface area contributed by atoms with Crippen molar-refractivity contribution in [3.05, 3.63) is 63.2 Å². The molecule has 10 nitrogen and oxygen atoms in total. The van der Waals surface area contributed by atoms with Crippen LogP contribution in [0.4, 0.5) is 32.2 Å². The molecule has 4 aromatic rings. The number of amides is 1. The van der Waals surface area contributed by atoms with E-state index in [4.69, 9.17) is 16.3 Å². The Morgan fingerprint density at radius 2 is 2.00 bits per heavy atom. The Bertz CT molecular complexity index is 2000. The first-order chi connectivity index (χ1) is 24.9. The molecule has 0 saturated carbocycles. The maximum absolute atomic E-state index is 15.9. The SMILES string of the molecule is COc1nc(N2CCN(C(=O)/C(F)=C/c3nccs3)C(CC#N)C2)c2cnc(-c3cc(Cl)ccc3C(F)(F)F)c(F)c2n1.FC1CC2CCCN2C1. The van der Waals surface area contributed by atoms with Crippen LogP contribution in [-0.4, -0.2) is 93.7 Å². The molecule has 18 heteroatoms. The first-order valence-corrected chi connectivity index (χ1v) is 17.5. The smallest absolute Gasteiger partial charge is 0.417 e. The summed E-state index contributed by atoms with van der Waals surface area (Å²) in [5.41, 5.74) is -2.71. The van der Waals surface area contributed by atoms with Gasteiger partial charge in [-0.05, 0) is 44.0 Å². The van der Waals surface area contributed by atoms with Crippen molar-refractivity contribution in [3.63, 3.8) is 0 Å². The lowest BCUT2D eigenvalue weighted by atomic mass is 10.0. The summed E-state index contributed by atoms with van der Waals surface area (Å²) in [5, 5.41) is 11.4. The second-order valence-corrected chi connectivity index (χ2v) is 13.7. The standard InChI is InChI=1S/C27H19ClF5N7O2S.C7H12FN/c1-42-26-37-23-17(12-36-22(21(23)30)16-10-14(28)2-3-18(16)27(31,32)33)24(38-26)39-7-8-40(15(13-39)4-5-34)25(41)19(29)11-20-35-6-9-43-20;8-6-4-7-2-1-3-9(7)5-6/h2-3,6,9-12,15H,4,7-8,13H2,1H3;6-7H,1-5H2/b19-11-;. The quantitative estimate of drug-likeness (QED) is 0.150. The van der Waals surface area contributed by atoms with E-state index < -0.39 is 52.8 Å². The number of ether oxygens (including phenoxy) is 1. The van der Waals surface area contributed by atoms with Crippen molar-refractivity contribution in [3.8, 4) is 23.3 Å². The van der Waals surface area contributed by atoms with Crippen LogP contribution in [0.5, 0.6) is 6.01 Å². The number of hydrogen-bond donors (Lipinski definition) is 0. The van der Waals surface area contributed by atoms with E-state index in [2.05, 4.69) is 24.8 Å². The number of alkyl halides is 4. The monoisotopic (exact) mass is 764 g/mol. The Kier molecular flexibility index (Phi) is 11.2. The number of hydrogen-bond acceptors (Lipinski definition) is 10. The fourth-order valence-corrected chi connectivity index (χ4v) is 7.46. The number of pyridine rings is 1. The van der Waals surface area contributed by atoms with Crippen LogP contribution >= 0.6 is 22.9 Å². The van der Waals surface area contributed by atoms with E-state index >= 15 is 4.39 Å². The zero-order chi connectivity index (χ0) is 37.2. The molecule has 1 amide bonds. The summed E-state index contributed by atoms with van der Waals surface area (Å²) >= 11 is 7.09. The second kappa shape index (κ2) is 15.6. The number of carbonyl (C=O) groups is 1. The lowest BCUT2D eigenvalue weighted by Crippen LogP contribution is -2.55. The summed E-state index contributed by atoms with van der Waals surface area (Å²) in [5.74, 6) is -3.02. The van der Waals surface area contributed by atoms with Gasteiger partial charge in [-0.15, -0.1) is 11.3 Å². The molecule has 0 N–H and O–H groups in total. The van der Waals surface area contributed by atoms with Gasteiger partial charge in [-0.1, -0.05) is 11.6 Å². The number of carbonyl (C=O) groups excluding carboxylic acids is 1. The summed E-state index contributed by atoms with van der Waals surface area (Å²) in [7, 11) is 1.23. The molecule has 52 heavy (non-hydrogen) atoms. The van der Waals surface area contributed by atoms with Gasteiger partial charge in [0.15, 0.2) is 11.6 Å². The van der Waals surface area contributed by atoms with E-state index in [1.54, 1.807) is 10.3 Å². The normalized spacial score (nSPS) is 20.8. The molecule has 3 atom stereocenters. The van der Waals surface area contributed by atoms with Crippen LogP contribution in [0.15, 0.2) is 41.8 Å². The Labute approximate surface area is 303 Å². The maximum Gasteiger partial charge on any atom is 0.417 e. The highest BCUT2D eigenvalue weighted by atomic mass is 35.5. The number of fused-ring (bicyclic) bond motifs is 2. The Hall–Kier alpha value is -4.53. The van der Waals surface area contributed by atoms with Gasteiger partial charge >= 0.3 is 12.2 Å². The van der Waals surface area contributed by atoms with E-state index in [1.807, 2.05) is 6.07 Å². The highest BCUT2D eigenvalue weighted by Crippen LogP contribution is 2.40. The molecule has 7 rings (SSSR count). The first-order valence-electron chi connectivity index (χ1n) is 16.2. The molecular weight excluding hydrogens is 734 g/mol. The number of halogens is 7. The van der Waals surface area contributed by atoms with Crippen molar-refractivity contribution in [1.29, 1.82) is 5.26 Å². The zero-order valence-corrected chi connectivity index (χ0v) is 29.2. The Balaban J connectivity index is 0.000000444. The van der Waals surface area contributed by atoms with E-state index in [9.17, 15) is 32.0 Å². The predicted octanol–water partition coefficient (Wildman–Crippen LogP) is 7.10. The van der Waals surface area contributed by atoms with Crippen molar-refractivity contribution in [2.45, 2.75) is 50.1 Å². The molecule has 3 aromatic heterocycles. The minimum Gasteiger partial charge on any atom is -0.467 e. The van der Waals surface area contributed by atoms with Crippen molar-refractivity contribution in [2.24, 2.45) is 0 Å². The zero-order valence-electron chi connectivity index (χ0n) is 27.6. The fourth-order valence-electron chi connectivity index (χ4n) is 6.74. The molecule has 3 aliphatic rings. The summed E-state index contributed by atoms with van der Waals surface area (Å²) in [6.07, 6.45) is 1.46. The van der Waals surface area contributed by atoms with Crippen LogP contribution in [-0.2, 0) is 11.0 Å². The molecular formula is C34H31ClF6N8O2S. The number of benzene rings is 1. The molecule has 0 aliphatic carbocycles. The number of aromatic nitrogens is 4. The fraction of sp³-hybridized carbons (Fsp3) is 0.412. The van der Waals surface area contributed by atoms with Gasteiger partial charge < -0.3 is 14.5 Å². The van der Waals surface area contributed by atoms with Gasteiger partial charge in [0.05, 0.1) is 36.6 Å². The lowest BCUT2D eigenvalue weighted by Gasteiger charge is -2.41. The number of nitrogens with zero attached hydrogens (tertiary/aromatic N) is 8. The molecule has 0 radical (unpaired) electrons. The molecule has 3 aliphatic heterocycles. The third-order valence-electron chi connectivity index (χ3n) is 9.10. The summed E-state index contributed by atoms with van der Waals surface area (Å²) < 4.78 is 89.7.